The third kappa shape index (κ3) is 4.75. The van der Waals surface area contributed by atoms with Gasteiger partial charge in [-0.3, -0.25) is 20.4 Å². The zero-order valence-corrected chi connectivity index (χ0v) is 11.6. The van der Waals surface area contributed by atoms with Gasteiger partial charge in [0.05, 0.1) is 5.56 Å². The molecule has 0 spiro atoms. The summed E-state index contributed by atoms with van der Waals surface area (Å²) in [5.41, 5.74) is 8.96. The van der Waals surface area contributed by atoms with Crippen molar-refractivity contribution in [1.29, 1.82) is 0 Å². The van der Waals surface area contributed by atoms with E-state index in [0.29, 0.717) is 0 Å². The first-order valence-corrected chi connectivity index (χ1v) is 6.23. The fourth-order valence-corrected chi connectivity index (χ4v) is 1.60. The fourth-order valence-electron chi connectivity index (χ4n) is 1.60. The third-order valence-electron chi connectivity index (χ3n) is 2.66. The second kappa shape index (κ2) is 7.22. The Morgan fingerprint density at radius 2 is 1.76 bits per heavy atom. The zero-order valence-electron chi connectivity index (χ0n) is 11.6. The number of benzene rings is 1. The van der Waals surface area contributed by atoms with Crippen LogP contribution < -0.4 is 21.9 Å². The summed E-state index contributed by atoms with van der Waals surface area (Å²) in [5.74, 6) is -2.42. The lowest BCUT2D eigenvalue weighted by Gasteiger charge is -2.20. The number of carbonyl (C=O) groups is 3. The maximum absolute atomic E-state index is 13.4. The summed E-state index contributed by atoms with van der Waals surface area (Å²) in [6.07, 6.45) is 0. The Hall–Kier alpha value is -2.64. The molecule has 0 aromatic heterocycles. The van der Waals surface area contributed by atoms with E-state index in [1.54, 1.807) is 13.8 Å². The van der Waals surface area contributed by atoms with E-state index in [9.17, 15) is 18.8 Å². The van der Waals surface area contributed by atoms with Crippen molar-refractivity contribution in [3.63, 3.8) is 0 Å². The molecule has 0 bridgehead atoms. The lowest BCUT2D eigenvalue weighted by molar-refractivity contribution is -0.124. The van der Waals surface area contributed by atoms with Gasteiger partial charge in [0.15, 0.2) is 0 Å². The fraction of sp³-hybridized carbons (Fsp3) is 0.308. The molecule has 0 radical (unpaired) electrons. The minimum absolute atomic E-state index is 0.207. The first kappa shape index (κ1) is 16.4. The van der Waals surface area contributed by atoms with Gasteiger partial charge in [-0.1, -0.05) is 26.0 Å². The van der Waals surface area contributed by atoms with Crippen molar-refractivity contribution in [1.82, 2.24) is 16.2 Å². The summed E-state index contributed by atoms with van der Waals surface area (Å²) in [4.78, 5) is 34.4. The number of primary amides is 1. The molecule has 114 valence electrons. The van der Waals surface area contributed by atoms with E-state index in [1.165, 1.54) is 18.2 Å². The van der Waals surface area contributed by atoms with Gasteiger partial charge in [0.25, 0.3) is 11.8 Å². The summed E-state index contributed by atoms with van der Waals surface area (Å²) in [5, 5.41) is 2.26. The van der Waals surface area contributed by atoms with E-state index in [0.717, 1.165) is 6.07 Å². The molecule has 4 amide bonds. The van der Waals surface area contributed by atoms with Gasteiger partial charge < -0.3 is 11.1 Å². The molecule has 1 aromatic carbocycles. The highest BCUT2D eigenvalue weighted by molar-refractivity contribution is 5.96. The Kier molecular flexibility index (Phi) is 5.65. The second-order valence-corrected chi connectivity index (χ2v) is 4.65. The quantitative estimate of drug-likeness (QED) is 0.598. The standard InChI is InChI=1S/C13H17FN4O3/c1-7(2)10(16-13(15)21)12(20)18-17-11(19)8-5-3-4-6-9(8)14/h3-7,10H,1-2H3,(H,17,19)(H,18,20)(H3,15,16,21)/t10-/m0/s1. The van der Waals surface area contributed by atoms with Gasteiger partial charge in [-0.2, -0.15) is 0 Å². The van der Waals surface area contributed by atoms with E-state index in [-0.39, 0.29) is 11.5 Å². The maximum atomic E-state index is 13.4. The molecule has 0 fully saturated rings. The molecule has 1 atom stereocenters. The third-order valence-corrected chi connectivity index (χ3v) is 2.66. The predicted molar refractivity (Wildman–Crippen MR) is 73.4 cm³/mol. The predicted octanol–water partition coefficient (Wildman–Crippen LogP) is 0.280. The average molecular weight is 296 g/mol. The van der Waals surface area contributed by atoms with Crippen molar-refractivity contribution in [2.24, 2.45) is 11.7 Å². The number of hydrazine groups is 1. The monoisotopic (exact) mass is 296 g/mol. The Labute approximate surface area is 121 Å². The minimum atomic E-state index is -0.913. The molecule has 7 nitrogen and oxygen atoms in total. The Bertz CT molecular complexity index is 548. The van der Waals surface area contributed by atoms with Crippen molar-refractivity contribution in [2.45, 2.75) is 19.9 Å². The number of nitrogens with two attached hydrogens (primary N) is 1. The molecule has 0 aliphatic carbocycles. The molecule has 0 saturated heterocycles. The Balaban J connectivity index is 2.65. The molecule has 0 unspecified atom stereocenters. The van der Waals surface area contributed by atoms with Gasteiger partial charge in [-0.25, -0.2) is 9.18 Å². The smallest absolute Gasteiger partial charge is 0.312 e. The number of amides is 4. The van der Waals surface area contributed by atoms with E-state index in [4.69, 9.17) is 5.73 Å². The summed E-state index contributed by atoms with van der Waals surface area (Å²) < 4.78 is 13.4. The van der Waals surface area contributed by atoms with Gasteiger partial charge in [0.1, 0.15) is 11.9 Å². The molecular weight excluding hydrogens is 279 g/mol. The van der Waals surface area contributed by atoms with Crippen LogP contribution in [-0.4, -0.2) is 23.9 Å². The largest absolute Gasteiger partial charge is 0.352 e. The first-order chi connectivity index (χ1) is 9.82. The normalized spacial score (nSPS) is 11.6. The number of hydrogen-bond acceptors (Lipinski definition) is 3. The van der Waals surface area contributed by atoms with Gasteiger partial charge in [0, 0.05) is 0 Å². The van der Waals surface area contributed by atoms with E-state index < -0.39 is 29.7 Å². The lowest BCUT2D eigenvalue weighted by Crippen LogP contribution is -2.55. The van der Waals surface area contributed by atoms with Crippen LogP contribution in [0.5, 0.6) is 0 Å². The molecule has 0 aliphatic heterocycles. The number of halogens is 1. The van der Waals surface area contributed by atoms with Crippen molar-refractivity contribution in [3.05, 3.63) is 35.6 Å². The zero-order chi connectivity index (χ0) is 16.0. The molecule has 5 N–H and O–H groups in total. The molecule has 21 heavy (non-hydrogen) atoms. The number of urea groups is 1. The van der Waals surface area contributed by atoms with Crippen molar-refractivity contribution in [3.8, 4) is 0 Å². The summed E-state index contributed by atoms with van der Waals surface area (Å²) in [6, 6.07) is 3.57. The van der Waals surface area contributed by atoms with Crippen molar-refractivity contribution < 1.29 is 18.8 Å². The topological polar surface area (TPSA) is 113 Å². The average Bonchev–Trinajstić information content (AvgIpc) is 2.41. The molecule has 0 saturated carbocycles. The molecule has 0 aliphatic rings. The van der Waals surface area contributed by atoms with Crippen LogP contribution in [0.2, 0.25) is 0 Å². The molecular formula is C13H17FN4O3. The van der Waals surface area contributed by atoms with Crippen LogP contribution in [0.15, 0.2) is 24.3 Å². The SMILES string of the molecule is CC(C)[C@H](NC(N)=O)C(=O)NNC(=O)c1ccccc1F. The van der Waals surface area contributed by atoms with Gasteiger partial charge >= 0.3 is 6.03 Å². The minimum Gasteiger partial charge on any atom is -0.352 e. The lowest BCUT2D eigenvalue weighted by atomic mass is 10.0. The summed E-state index contributed by atoms with van der Waals surface area (Å²) in [7, 11) is 0. The molecule has 0 heterocycles. The van der Waals surface area contributed by atoms with E-state index in [1.807, 2.05) is 0 Å². The van der Waals surface area contributed by atoms with Gasteiger partial charge in [-0.05, 0) is 18.1 Å². The van der Waals surface area contributed by atoms with Crippen LogP contribution in [0.4, 0.5) is 9.18 Å². The number of rotatable bonds is 4. The van der Waals surface area contributed by atoms with Gasteiger partial charge in [0.2, 0.25) is 0 Å². The van der Waals surface area contributed by atoms with Crippen LogP contribution in [0.1, 0.15) is 24.2 Å². The highest BCUT2D eigenvalue weighted by Crippen LogP contribution is 2.05. The van der Waals surface area contributed by atoms with E-state index in [2.05, 4.69) is 16.2 Å². The maximum Gasteiger partial charge on any atom is 0.312 e. The number of nitrogens with one attached hydrogen (secondary N) is 3. The summed E-state index contributed by atoms with van der Waals surface area (Å²) in [6.45, 7) is 3.39. The highest BCUT2D eigenvalue weighted by Gasteiger charge is 2.24. The molecule has 1 rings (SSSR count). The van der Waals surface area contributed by atoms with Crippen LogP contribution in [0.25, 0.3) is 0 Å². The molecule has 8 heteroatoms. The Morgan fingerprint density at radius 1 is 1.14 bits per heavy atom. The molecule has 1 aromatic rings. The van der Waals surface area contributed by atoms with Crippen LogP contribution in [0, 0.1) is 11.7 Å². The summed E-state index contributed by atoms with van der Waals surface area (Å²) >= 11 is 0. The second-order valence-electron chi connectivity index (χ2n) is 4.65. The van der Waals surface area contributed by atoms with Crippen molar-refractivity contribution >= 4 is 17.8 Å². The van der Waals surface area contributed by atoms with Crippen LogP contribution >= 0.6 is 0 Å². The highest BCUT2D eigenvalue weighted by atomic mass is 19.1. The first-order valence-electron chi connectivity index (χ1n) is 6.23. The van der Waals surface area contributed by atoms with Crippen LogP contribution in [0.3, 0.4) is 0 Å². The Morgan fingerprint density at radius 3 is 2.29 bits per heavy atom. The van der Waals surface area contributed by atoms with E-state index >= 15 is 0 Å². The van der Waals surface area contributed by atoms with Crippen molar-refractivity contribution in [2.75, 3.05) is 0 Å². The van der Waals surface area contributed by atoms with Crippen LogP contribution in [-0.2, 0) is 4.79 Å². The van der Waals surface area contributed by atoms with Gasteiger partial charge in [-0.15, -0.1) is 0 Å². The number of carbonyl (C=O) groups excluding carboxylic acids is 3. The number of hydrogen-bond donors (Lipinski definition) is 4.